The van der Waals surface area contributed by atoms with E-state index in [1.807, 2.05) is 31.3 Å². The van der Waals surface area contributed by atoms with E-state index in [0.717, 1.165) is 43.1 Å². The summed E-state index contributed by atoms with van der Waals surface area (Å²) in [6, 6.07) is 9.07. The second-order valence-corrected chi connectivity index (χ2v) is 10.1. The lowest BCUT2D eigenvalue weighted by atomic mass is 9.70. The lowest BCUT2D eigenvalue weighted by Gasteiger charge is -2.57. The monoisotopic (exact) mass is 436 g/mol. The fourth-order valence-corrected chi connectivity index (χ4v) is 5.31. The highest BCUT2D eigenvalue weighted by Crippen LogP contribution is 2.43. The molecule has 3 N–H and O–H groups in total. The second kappa shape index (κ2) is 7.92. The summed E-state index contributed by atoms with van der Waals surface area (Å²) in [5, 5.41) is 18.7. The maximum atomic E-state index is 12.8. The number of fused-ring (bicyclic) bond motifs is 2. The molecule has 3 atom stereocenters. The highest BCUT2D eigenvalue weighted by Gasteiger charge is 2.48. The number of hydrogen-bond donors (Lipinski definition) is 3. The number of aromatic nitrogens is 2. The molecule has 0 saturated carbocycles. The molecule has 30 heavy (non-hydrogen) atoms. The lowest BCUT2D eigenvalue weighted by molar-refractivity contribution is -0.110. The molecule has 1 aromatic heterocycles. The van der Waals surface area contributed by atoms with Gasteiger partial charge >= 0.3 is 0 Å². The number of aliphatic hydroxyl groups is 1. The van der Waals surface area contributed by atoms with Crippen molar-refractivity contribution in [1.82, 2.24) is 20.0 Å². The Balaban J connectivity index is 0.000000393. The molecular weight excluding hydrogens is 408 g/mol. The number of benzene rings is 1. The van der Waals surface area contributed by atoms with E-state index in [2.05, 4.69) is 15.3 Å². The van der Waals surface area contributed by atoms with Gasteiger partial charge in [-0.05, 0) is 37.7 Å². The summed E-state index contributed by atoms with van der Waals surface area (Å²) in [7, 11) is -1.79. The molecule has 2 aromatic rings. The molecule has 4 aliphatic rings. The van der Waals surface area contributed by atoms with Crippen molar-refractivity contribution >= 4 is 26.9 Å². The molecule has 0 spiro atoms. The van der Waals surface area contributed by atoms with Gasteiger partial charge in [0.2, 0.25) is 0 Å². The number of aryl methyl sites for hydroxylation is 1. The van der Waals surface area contributed by atoms with Crippen LogP contribution >= 0.6 is 0 Å². The third-order valence-electron chi connectivity index (χ3n) is 6.45. The molecule has 6 rings (SSSR count). The van der Waals surface area contributed by atoms with Crippen molar-refractivity contribution in [1.29, 1.82) is 0 Å². The Bertz CT molecular complexity index is 1030. The van der Waals surface area contributed by atoms with Gasteiger partial charge in [-0.2, -0.15) is 13.5 Å². The summed E-state index contributed by atoms with van der Waals surface area (Å²) in [6.45, 7) is 0.811. The fourth-order valence-electron chi connectivity index (χ4n) is 5.31. The molecule has 4 aliphatic heterocycles. The van der Waals surface area contributed by atoms with Gasteiger partial charge in [0.05, 0.1) is 17.9 Å². The largest absolute Gasteiger partial charge is 0.392 e. The minimum absolute atomic E-state index is 0.0676. The van der Waals surface area contributed by atoms with E-state index in [9.17, 15) is 18.3 Å². The van der Waals surface area contributed by atoms with Gasteiger partial charge in [-0.1, -0.05) is 18.2 Å². The number of amides is 1. The van der Waals surface area contributed by atoms with E-state index in [4.69, 9.17) is 4.55 Å². The molecule has 4 fully saturated rings. The standard InChI is InChI=1S/C19H24N4O2.CH4O3S/c1-22-16-5-3-2-4-15(16)18(21-22)19(25)20-12-8-13-6-11-7-14(9-12)23(13)10-17(11)24;1-5(2,3)4/h2-5,11-14,17,24H,6-10H2,1H3,(H,20,25);1H3,(H,2,3,4). The van der Waals surface area contributed by atoms with Gasteiger partial charge in [-0.3, -0.25) is 18.9 Å². The van der Waals surface area contributed by atoms with Gasteiger partial charge in [0.15, 0.2) is 5.69 Å². The van der Waals surface area contributed by atoms with Crippen LogP contribution in [0, 0.1) is 5.92 Å². The van der Waals surface area contributed by atoms with Crippen LogP contribution < -0.4 is 5.32 Å². The summed E-state index contributed by atoms with van der Waals surface area (Å²) in [5.74, 6) is 0.387. The number of piperidine rings is 4. The molecule has 0 aliphatic carbocycles. The molecule has 164 valence electrons. The van der Waals surface area contributed by atoms with Crippen LogP contribution in [-0.2, 0) is 17.2 Å². The van der Waals surface area contributed by atoms with Crippen LogP contribution in [0.15, 0.2) is 24.3 Å². The van der Waals surface area contributed by atoms with Crippen molar-refractivity contribution in [2.75, 3.05) is 12.8 Å². The number of para-hydroxylation sites is 1. The van der Waals surface area contributed by atoms with Crippen LogP contribution in [0.25, 0.3) is 10.9 Å². The Morgan fingerprint density at radius 1 is 1.17 bits per heavy atom. The fraction of sp³-hybridized carbons (Fsp3) is 0.600. The van der Waals surface area contributed by atoms with Gasteiger partial charge in [-0.15, -0.1) is 0 Å². The molecule has 5 heterocycles. The van der Waals surface area contributed by atoms with E-state index < -0.39 is 10.1 Å². The van der Waals surface area contributed by atoms with Crippen molar-refractivity contribution < 1.29 is 22.9 Å². The maximum Gasteiger partial charge on any atom is 0.272 e. The number of rotatable bonds is 2. The van der Waals surface area contributed by atoms with Crippen LogP contribution in [0.5, 0.6) is 0 Å². The molecule has 10 heteroatoms. The number of nitrogens with one attached hydrogen (secondary N) is 1. The molecule has 4 saturated heterocycles. The first-order valence-corrected chi connectivity index (χ1v) is 12.0. The zero-order valence-electron chi connectivity index (χ0n) is 17.1. The van der Waals surface area contributed by atoms with Crippen molar-refractivity contribution in [3.8, 4) is 0 Å². The van der Waals surface area contributed by atoms with Crippen LogP contribution in [0.2, 0.25) is 0 Å². The Morgan fingerprint density at radius 3 is 2.37 bits per heavy atom. The Labute approximate surface area is 175 Å². The van der Waals surface area contributed by atoms with E-state index in [0.29, 0.717) is 30.0 Å². The highest BCUT2D eigenvalue weighted by atomic mass is 32.2. The van der Waals surface area contributed by atoms with Gasteiger partial charge in [-0.25, -0.2) is 0 Å². The van der Waals surface area contributed by atoms with Gasteiger partial charge < -0.3 is 10.4 Å². The molecule has 3 unspecified atom stereocenters. The van der Waals surface area contributed by atoms with Crippen molar-refractivity contribution in [2.45, 2.75) is 49.9 Å². The van der Waals surface area contributed by atoms with Crippen LogP contribution in [0.4, 0.5) is 0 Å². The average molecular weight is 437 g/mol. The summed E-state index contributed by atoms with van der Waals surface area (Å²) in [5.41, 5.74) is 1.50. The topological polar surface area (TPSA) is 125 Å². The first-order chi connectivity index (χ1) is 14.1. The Morgan fingerprint density at radius 2 is 1.77 bits per heavy atom. The third kappa shape index (κ3) is 4.36. The Kier molecular flexibility index (Phi) is 5.60. The third-order valence-corrected chi connectivity index (χ3v) is 6.45. The predicted molar refractivity (Wildman–Crippen MR) is 112 cm³/mol. The average Bonchev–Trinajstić information content (AvgIpc) is 2.98. The SMILES string of the molecule is CS(=O)(=O)O.Cn1nc(C(=O)NC2CC3CC4CC(C2)N3CC4O)c2ccccc21. The normalized spacial score (nSPS) is 32.4. The van der Waals surface area contributed by atoms with Gasteiger partial charge in [0.25, 0.3) is 16.0 Å². The van der Waals surface area contributed by atoms with E-state index in [-0.39, 0.29) is 18.1 Å². The maximum absolute atomic E-state index is 12.8. The molecular formula is C20H28N4O5S. The predicted octanol–water partition coefficient (Wildman–Crippen LogP) is 0.793. The molecule has 1 aromatic carbocycles. The van der Waals surface area contributed by atoms with Crippen molar-refractivity contribution in [2.24, 2.45) is 13.0 Å². The zero-order chi connectivity index (χ0) is 21.6. The minimum atomic E-state index is -3.67. The van der Waals surface area contributed by atoms with Crippen molar-refractivity contribution in [3.63, 3.8) is 0 Å². The summed E-state index contributed by atoms with van der Waals surface area (Å²) < 4.78 is 27.6. The van der Waals surface area contributed by atoms with E-state index in [1.54, 1.807) is 4.68 Å². The van der Waals surface area contributed by atoms with Gasteiger partial charge in [0, 0.05) is 37.1 Å². The molecule has 4 bridgehead atoms. The van der Waals surface area contributed by atoms with Crippen LogP contribution in [-0.4, -0.2) is 75.7 Å². The summed E-state index contributed by atoms with van der Waals surface area (Å²) in [6.07, 6.45) is 4.66. The van der Waals surface area contributed by atoms with Crippen LogP contribution in [0.3, 0.4) is 0 Å². The smallest absolute Gasteiger partial charge is 0.272 e. The Hall–Kier alpha value is -2.01. The summed E-state index contributed by atoms with van der Waals surface area (Å²) >= 11 is 0. The molecule has 0 radical (unpaired) electrons. The first kappa shape index (κ1) is 21.2. The molecule has 1 amide bonds. The van der Waals surface area contributed by atoms with Crippen molar-refractivity contribution in [3.05, 3.63) is 30.0 Å². The minimum Gasteiger partial charge on any atom is -0.392 e. The van der Waals surface area contributed by atoms with E-state index >= 15 is 0 Å². The molecule has 9 nitrogen and oxygen atoms in total. The lowest BCUT2D eigenvalue weighted by Crippen LogP contribution is -2.65. The second-order valence-electron chi connectivity index (χ2n) is 8.67. The van der Waals surface area contributed by atoms with Crippen LogP contribution in [0.1, 0.15) is 36.2 Å². The number of carbonyl (C=O) groups is 1. The number of carbonyl (C=O) groups excluding carboxylic acids is 1. The highest BCUT2D eigenvalue weighted by molar-refractivity contribution is 7.85. The zero-order valence-corrected chi connectivity index (χ0v) is 17.9. The number of nitrogens with zero attached hydrogens (tertiary/aromatic N) is 3. The quantitative estimate of drug-likeness (QED) is 0.595. The number of aliphatic hydroxyl groups excluding tert-OH is 1. The summed E-state index contributed by atoms with van der Waals surface area (Å²) in [4.78, 5) is 15.3. The van der Waals surface area contributed by atoms with E-state index in [1.165, 1.54) is 0 Å². The van der Waals surface area contributed by atoms with Gasteiger partial charge in [0.1, 0.15) is 0 Å². The number of hydrogen-bond acceptors (Lipinski definition) is 6. The first-order valence-electron chi connectivity index (χ1n) is 10.2.